The first-order valence-electron chi connectivity index (χ1n) is 7.56. The quantitative estimate of drug-likeness (QED) is 0.842. The minimum atomic E-state index is -3.49. The van der Waals surface area contributed by atoms with E-state index in [1.807, 2.05) is 12.1 Å². The van der Waals surface area contributed by atoms with Crippen molar-refractivity contribution < 1.29 is 13.2 Å². The van der Waals surface area contributed by atoms with E-state index in [4.69, 9.17) is 5.73 Å². The van der Waals surface area contributed by atoms with Gasteiger partial charge in [0.2, 0.25) is 15.9 Å². The molecule has 6 nitrogen and oxygen atoms in total. The summed E-state index contributed by atoms with van der Waals surface area (Å²) in [6, 6.07) is 7.06. The predicted octanol–water partition coefficient (Wildman–Crippen LogP) is 0.853. The molecule has 2 rings (SSSR count). The fraction of sp³-hybridized carbons (Fsp3) is 0.533. The third kappa shape index (κ3) is 4.67. The molecule has 1 amide bonds. The molecule has 1 fully saturated rings. The topological polar surface area (TPSA) is 83.7 Å². The second-order valence-electron chi connectivity index (χ2n) is 5.38. The molecule has 1 heterocycles. The van der Waals surface area contributed by atoms with E-state index in [9.17, 15) is 13.2 Å². The van der Waals surface area contributed by atoms with Crippen molar-refractivity contribution in [3.05, 3.63) is 29.8 Å². The normalized spacial score (nSPS) is 16.0. The average Bonchev–Trinajstić information content (AvgIpc) is 2.55. The van der Waals surface area contributed by atoms with E-state index in [0.717, 1.165) is 18.4 Å². The van der Waals surface area contributed by atoms with Crippen molar-refractivity contribution in [1.29, 1.82) is 0 Å². The third-order valence-corrected chi connectivity index (χ3v) is 5.78. The monoisotopic (exact) mass is 361 g/mol. The maximum Gasteiger partial charge on any atom is 0.243 e. The highest BCUT2D eigenvalue weighted by Crippen LogP contribution is 2.18. The highest BCUT2D eigenvalue weighted by atomic mass is 35.5. The Morgan fingerprint density at radius 2 is 1.70 bits per heavy atom. The number of hydrogen-bond acceptors (Lipinski definition) is 4. The number of piperazine rings is 1. The number of carbonyl (C=O) groups excluding carboxylic acids is 1. The molecule has 130 valence electrons. The van der Waals surface area contributed by atoms with Gasteiger partial charge in [0.15, 0.2) is 0 Å². The van der Waals surface area contributed by atoms with Gasteiger partial charge in [-0.05, 0) is 24.1 Å². The number of nitrogens with zero attached hydrogens (tertiary/aromatic N) is 2. The van der Waals surface area contributed by atoms with Gasteiger partial charge in [-0.2, -0.15) is 4.31 Å². The standard InChI is InChI=1S/C15H23N3O3S.ClH/c1-2-3-13-4-6-14(7-5-13)22(20,21)18-10-8-17(9-11-18)15(19)12-16;/h4-7H,2-3,8-12,16H2,1H3;1H. The Bertz CT molecular complexity index is 611. The lowest BCUT2D eigenvalue weighted by molar-refractivity contribution is -0.130. The van der Waals surface area contributed by atoms with Crippen LogP contribution in [0.1, 0.15) is 18.9 Å². The summed E-state index contributed by atoms with van der Waals surface area (Å²) in [5.74, 6) is -0.138. The van der Waals surface area contributed by atoms with E-state index in [0.29, 0.717) is 31.1 Å². The molecule has 0 unspecified atom stereocenters. The van der Waals surface area contributed by atoms with Crippen LogP contribution in [0.25, 0.3) is 0 Å². The smallest absolute Gasteiger partial charge is 0.243 e. The van der Waals surface area contributed by atoms with Gasteiger partial charge in [0.25, 0.3) is 0 Å². The van der Waals surface area contributed by atoms with E-state index >= 15 is 0 Å². The molecule has 0 atom stereocenters. The number of hydrogen-bond donors (Lipinski definition) is 1. The van der Waals surface area contributed by atoms with E-state index < -0.39 is 10.0 Å². The van der Waals surface area contributed by atoms with Gasteiger partial charge in [0.1, 0.15) is 0 Å². The van der Waals surface area contributed by atoms with Crippen LogP contribution in [0.3, 0.4) is 0 Å². The van der Waals surface area contributed by atoms with Crippen LogP contribution >= 0.6 is 12.4 Å². The molecule has 0 bridgehead atoms. The van der Waals surface area contributed by atoms with Crippen LogP contribution in [0.4, 0.5) is 0 Å². The lowest BCUT2D eigenvalue weighted by atomic mass is 10.1. The first-order chi connectivity index (χ1) is 10.5. The summed E-state index contributed by atoms with van der Waals surface area (Å²) in [7, 11) is -3.49. The number of benzene rings is 1. The summed E-state index contributed by atoms with van der Waals surface area (Å²) in [5, 5.41) is 0. The van der Waals surface area contributed by atoms with E-state index in [1.54, 1.807) is 17.0 Å². The van der Waals surface area contributed by atoms with Crippen LogP contribution in [-0.4, -0.2) is 56.3 Å². The predicted molar refractivity (Wildman–Crippen MR) is 92.1 cm³/mol. The molecular weight excluding hydrogens is 338 g/mol. The Kier molecular flexibility index (Phi) is 7.47. The van der Waals surface area contributed by atoms with Crippen molar-refractivity contribution >= 4 is 28.3 Å². The Balaban J connectivity index is 0.00000264. The van der Waals surface area contributed by atoms with E-state index in [2.05, 4.69) is 6.92 Å². The fourth-order valence-electron chi connectivity index (χ4n) is 2.57. The zero-order valence-corrected chi connectivity index (χ0v) is 14.9. The molecule has 0 radical (unpaired) electrons. The van der Waals surface area contributed by atoms with Gasteiger partial charge in [-0.1, -0.05) is 25.5 Å². The average molecular weight is 362 g/mol. The Hall–Kier alpha value is -1.15. The zero-order valence-electron chi connectivity index (χ0n) is 13.3. The number of sulfonamides is 1. The highest BCUT2D eigenvalue weighted by Gasteiger charge is 2.29. The van der Waals surface area contributed by atoms with Crippen LogP contribution in [0, 0.1) is 0 Å². The van der Waals surface area contributed by atoms with Crippen LogP contribution in [-0.2, 0) is 21.2 Å². The van der Waals surface area contributed by atoms with Crippen molar-refractivity contribution in [3.63, 3.8) is 0 Å². The molecule has 8 heteroatoms. The molecule has 23 heavy (non-hydrogen) atoms. The summed E-state index contributed by atoms with van der Waals surface area (Å²) in [4.78, 5) is 13.4. The lowest BCUT2D eigenvalue weighted by Crippen LogP contribution is -2.51. The second kappa shape index (κ2) is 8.63. The molecule has 0 aromatic heterocycles. The maximum absolute atomic E-state index is 12.6. The van der Waals surface area contributed by atoms with Gasteiger partial charge < -0.3 is 10.6 Å². The Morgan fingerprint density at radius 3 is 2.17 bits per heavy atom. The molecule has 1 aliphatic heterocycles. The molecule has 0 spiro atoms. The summed E-state index contributed by atoms with van der Waals surface area (Å²) >= 11 is 0. The number of halogens is 1. The van der Waals surface area contributed by atoms with Gasteiger partial charge in [0, 0.05) is 26.2 Å². The third-order valence-electron chi connectivity index (χ3n) is 3.87. The number of carbonyl (C=O) groups is 1. The van der Waals surface area contributed by atoms with Gasteiger partial charge in [-0.15, -0.1) is 12.4 Å². The summed E-state index contributed by atoms with van der Waals surface area (Å²) in [6.07, 6.45) is 1.98. The van der Waals surface area contributed by atoms with E-state index in [1.165, 1.54) is 4.31 Å². The molecule has 0 saturated carbocycles. The molecule has 1 aliphatic rings. The molecule has 0 aliphatic carbocycles. The van der Waals surface area contributed by atoms with Gasteiger partial charge >= 0.3 is 0 Å². The van der Waals surface area contributed by atoms with Crippen LogP contribution < -0.4 is 5.73 Å². The summed E-state index contributed by atoms with van der Waals surface area (Å²) in [5.41, 5.74) is 6.47. The fourth-order valence-corrected chi connectivity index (χ4v) is 3.99. The van der Waals surface area contributed by atoms with Crippen LogP contribution in [0.15, 0.2) is 29.2 Å². The van der Waals surface area contributed by atoms with Gasteiger partial charge in [0.05, 0.1) is 11.4 Å². The molecule has 1 saturated heterocycles. The highest BCUT2D eigenvalue weighted by molar-refractivity contribution is 7.89. The molecular formula is C15H24ClN3O3S. The first-order valence-corrected chi connectivity index (χ1v) is 9.00. The van der Waals surface area contributed by atoms with Gasteiger partial charge in [-0.25, -0.2) is 8.42 Å². The lowest BCUT2D eigenvalue weighted by Gasteiger charge is -2.33. The largest absolute Gasteiger partial charge is 0.339 e. The van der Waals surface area contributed by atoms with Crippen molar-refractivity contribution in [3.8, 4) is 0 Å². The molecule has 2 N–H and O–H groups in total. The van der Waals surface area contributed by atoms with Crippen LogP contribution in [0.5, 0.6) is 0 Å². The number of aryl methyl sites for hydroxylation is 1. The van der Waals surface area contributed by atoms with Crippen molar-refractivity contribution in [1.82, 2.24) is 9.21 Å². The van der Waals surface area contributed by atoms with E-state index in [-0.39, 0.29) is 24.9 Å². The minimum absolute atomic E-state index is 0. The van der Waals surface area contributed by atoms with Gasteiger partial charge in [-0.3, -0.25) is 4.79 Å². The van der Waals surface area contributed by atoms with Crippen molar-refractivity contribution in [2.45, 2.75) is 24.7 Å². The maximum atomic E-state index is 12.6. The van der Waals surface area contributed by atoms with Crippen LogP contribution in [0.2, 0.25) is 0 Å². The summed E-state index contributed by atoms with van der Waals surface area (Å²) in [6.45, 7) is 3.46. The summed E-state index contributed by atoms with van der Waals surface area (Å²) < 4.78 is 26.6. The number of amides is 1. The van der Waals surface area contributed by atoms with Crippen molar-refractivity contribution in [2.75, 3.05) is 32.7 Å². The Labute approximate surface area is 144 Å². The molecule has 1 aromatic carbocycles. The first kappa shape index (κ1) is 19.9. The van der Waals surface area contributed by atoms with Crippen molar-refractivity contribution in [2.24, 2.45) is 5.73 Å². The minimum Gasteiger partial charge on any atom is -0.339 e. The zero-order chi connectivity index (χ0) is 16.2. The number of nitrogens with two attached hydrogens (primary N) is 1. The SMILES string of the molecule is CCCc1ccc(S(=O)(=O)N2CCN(C(=O)CN)CC2)cc1.Cl. The second-order valence-corrected chi connectivity index (χ2v) is 7.32. The number of rotatable bonds is 5. The Morgan fingerprint density at radius 1 is 1.13 bits per heavy atom. The molecule has 1 aromatic rings.